The Kier molecular flexibility index (Phi) is 5.95. The molecule has 0 aromatic heterocycles. The zero-order valence-corrected chi connectivity index (χ0v) is 18.7. The second-order valence-corrected chi connectivity index (χ2v) is 8.68. The molecule has 2 aromatic rings. The summed E-state index contributed by atoms with van der Waals surface area (Å²) in [6, 6.07) is 8.68. The molecule has 5 rings (SSSR count). The van der Waals surface area contributed by atoms with Crippen LogP contribution in [0.1, 0.15) is 41.3 Å². The highest BCUT2D eigenvalue weighted by Gasteiger charge is 2.39. The van der Waals surface area contributed by atoms with E-state index in [1.165, 1.54) is 4.90 Å². The second kappa shape index (κ2) is 9.52. The maximum atomic E-state index is 15.2. The Morgan fingerprint density at radius 2 is 1.88 bits per heavy atom. The minimum Gasteiger partial charge on any atom is -0.381 e. The van der Waals surface area contributed by atoms with Crippen molar-refractivity contribution in [3.8, 4) is 0 Å². The van der Waals surface area contributed by atoms with E-state index < -0.39 is 23.7 Å². The van der Waals surface area contributed by atoms with Gasteiger partial charge in [-0.05, 0) is 18.6 Å². The Morgan fingerprint density at radius 1 is 1.12 bits per heavy atom. The number of hydrogen-bond donors (Lipinski definition) is 2. The molecule has 0 unspecified atom stereocenters. The molecule has 9 heteroatoms. The van der Waals surface area contributed by atoms with Crippen molar-refractivity contribution < 1.29 is 24.9 Å². The molecule has 1 atom stereocenters. The number of piperidine rings is 1. The predicted octanol–water partition coefficient (Wildman–Crippen LogP) is 2.03. The van der Waals surface area contributed by atoms with Gasteiger partial charge in [-0.2, -0.15) is 0 Å². The molecule has 3 aliphatic rings. The molecular formula is C25H27FN4O4. The third kappa shape index (κ3) is 4.41. The summed E-state index contributed by atoms with van der Waals surface area (Å²) in [4.78, 5) is 40.4. The Balaban J connectivity index is 1.32. The number of amides is 3. The third-order valence-electron chi connectivity index (χ3n) is 6.52. The Morgan fingerprint density at radius 3 is 2.68 bits per heavy atom. The van der Waals surface area contributed by atoms with E-state index in [-0.39, 0.29) is 31.7 Å². The average Bonchev–Trinajstić information content (AvgIpc) is 3.21. The van der Waals surface area contributed by atoms with E-state index >= 15 is 4.39 Å². The molecule has 3 heterocycles. The van der Waals surface area contributed by atoms with Gasteiger partial charge < -0.3 is 15.0 Å². The first-order chi connectivity index (χ1) is 16.9. The summed E-state index contributed by atoms with van der Waals surface area (Å²) in [5.41, 5.74) is 2.83. The van der Waals surface area contributed by atoms with Crippen LogP contribution in [0.5, 0.6) is 0 Å². The first kappa shape index (κ1) is 21.2. The highest BCUT2D eigenvalue weighted by atomic mass is 19.1. The van der Waals surface area contributed by atoms with Crippen LogP contribution in [-0.4, -0.2) is 59.8 Å². The summed E-state index contributed by atoms with van der Waals surface area (Å²) in [5.74, 6) is -1.92. The fourth-order valence-corrected chi connectivity index (χ4v) is 4.66. The predicted molar refractivity (Wildman–Crippen MR) is 122 cm³/mol. The summed E-state index contributed by atoms with van der Waals surface area (Å²) in [7, 11) is 0. The van der Waals surface area contributed by atoms with Gasteiger partial charge in [0.1, 0.15) is 11.8 Å². The fourth-order valence-electron chi connectivity index (χ4n) is 4.66. The van der Waals surface area contributed by atoms with E-state index in [0.29, 0.717) is 47.7 Å². The largest absolute Gasteiger partial charge is 0.381 e. The Bertz CT molecular complexity index is 1190. The van der Waals surface area contributed by atoms with Crippen molar-refractivity contribution in [2.75, 3.05) is 31.6 Å². The molecule has 0 spiro atoms. The highest BCUT2D eigenvalue weighted by Crippen LogP contribution is 2.32. The average molecular weight is 468 g/mol. The van der Waals surface area contributed by atoms with Crippen LogP contribution < -0.4 is 10.6 Å². The van der Waals surface area contributed by atoms with Gasteiger partial charge >= 0.3 is 0 Å². The fraction of sp³-hybridized carbons (Fsp3) is 0.400. The standard InChI is InChI=1S/C25H27FN4O4/c26-23-16(3-1-4-17(23)14-29-9-11-34-12-10-29)13-27-20-6-2-5-18-19(20)15-30(25(18)33)21-7-8-22(31)28-24(21)32/h1-6,21,27H,7-15H2,(H,28,31,32)/t21-/m1/s1/i21D. The lowest BCUT2D eigenvalue weighted by Crippen LogP contribution is -2.52. The van der Waals surface area contributed by atoms with E-state index in [2.05, 4.69) is 15.5 Å². The molecule has 8 nitrogen and oxygen atoms in total. The van der Waals surface area contributed by atoms with Crippen LogP contribution in [0.25, 0.3) is 0 Å². The van der Waals surface area contributed by atoms with Gasteiger partial charge in [-0.1, -0.05) is 24.3 Å². The van der Waals surface area contributed by atoms with Gasteiger partial charge in [0.2, 0.25) is 11.8 Å². The minimum absolute atomic E-state index is 0.000538. The number of halogens is 1. The maximum Gasteiger partial charge on any atom is 0.255 e. The van der Waals surface area contributed by atoms with Crippen molar-refractivity contribution in [3.05, 3.63) is 64.5 Å². The molecule has 0 saturated carbocycles. The maximum absolute atomic E-state index is 15.2. The quantitative estimate of drug-likeness (QED) is 0.632. The molecule has 3 aliphatic heterocycles. The lowest BCUT2D eigenvalue weighted by molar-refractivity contribution is -0.136. The Hall–Kier alpha value is -3.30. The number of fused-ring (bicyclic) bond motifs is 1. The van der Waals surface area contributed by atoms with Crippen molar-refractivity contribution in [3.63, 3.8) is 0 Å². The highest BCUT2D eigenvalue weighted by molar-refractivity contribution is 6.06. The number of nitrogens with zero attached hydrogens (tertiary/aromatic N) is 2. The second-order valence-electron chi connectivity index (χ2n) is 8.68. The number of anilines is 1. The molecule has 178 valence electrons. The van der Waals surface area contributed by atoms with Gasteiger partial charge in [0.05, 0.1) is 14.6 Å². The number of hydrogen-bond acceptors (Lipinski definition) is 6. The van der Waals surface area contributed by atoms with Crippen LogP contribution in [0.15, 0.2) is 36.4 Å². The van der Waals surface area contributed by atoms with Gasteiger partial charge in [-0.3, -0.25) is 24.6 Å². The van der Waals surface area contributed by atoms with Gasteiger partial charge in [0, 0.05) is 67.1 Å². The molecule has 0 bridgehead atoms. The topological polar surface area (TPSA) is 91.0 Å². The number of nitrogens with one attached hydrogen (secondary N) is 2. The summed E-state index contributed by atoms with van der Waals surface area (Å²) in [6.45, 7) is 3.63. The molecule has 2 saturated heterocycles. The van der Waals surface area contributed by atoms with Gasteiger partial charge in [0.15, 0.2) is 0 Å². The molecule has 2 aromatic carbocycles. The third-order valence-corrected chi connectivity index (χ3v) is 6.52. The van der Waals surface area contributed by atoms with E-state index in [0.717, 1.165) is 13.1 Å². The summed E-state index contributed by atoms with van der Waals surface area (Å²) in [5, 5.41) is 5.41. The zero-order valence-electron chi connectivity index (χ0n) is 19.7. The molecule has 0 aliphatic carbocycles. The van der Waals surface area contributed by atoms with Crippen LogP contribution >= 0.6 is 0 Å². The number of rotatable bonds is 6. The van der Waals surface area contributed by atoms with E-state index in [1.807, 2.05) is 6.07 Å². The number of carbonyl (C=O) groups is 3. The van der Waals surface area contributed by atoms with Gasteiger partial charge in [-0.15, -0.1) is 0 Å². The number of morpholine rings is 1. The van der Waals surface area contributed by atoms with Crippen LogP contribution in [0.3, 0.4) is 0 Å². The summed E-state index contributed by atoms with van der Waals surface area (Å²) >= 11 is 0. The molecule has 34 heavy (non-hydrogen) atoms. The number of imide groups is 1. The number of ether oxygens (including phenoxy) is 1. The van der Waals surface area contributed by atoms with Crippen molar-refractivity contribution >= 4 is 23.4 Å². The summed E-state index contributed by atoms with van der Waals surface area (Å²) < 4.78 is 29.2. The van der Waals surface area contributed by atoms with Crippen molar-refractivity contribution in [1.82, 2.24) is 15.1 Å². The van der Waals surface area contributed by atoms with Gasteiger partial charge in [0.25, 0.3) is 5.91 Å². The normalized spacial score (nSPS) is 23.5. The molecule has 2 fully saturated rings. The molecule has 0 radical (unpaired) electrons. The van der Waals surface area contributed by atoms with Gasteiger partial charge in [-0.25, -0.2) is 4.39 Å². The smallest absolute Gasteiger partial charge is 0.255 e. The number of carbonyl (C=O) groups excluding carboxylic acids is 3. The Labute approximate surface area is 198 Å². The number of benzene rings is 2. The lowest BCUT2D eigenvalue weighted by Gasteiger charge is -2.29. The lowest BCUT2D eigenvalue weighted by atomic mass is 10.0. The van der Waals surface area contributed by atoms with Crippen molar-refractivity contribution in [2.45, 2.75) is 38.5 Å². The monoisotopic (exact) mass is 467 g/mol. The summed E-state index contributed by atoms with van der Waals surface area (Å²) in [6.07, 6.45) is -0.0537. The first-order valence-electron chi connectivity index (χ1n) is 12.0. The first-order valence-corrected chi connectivity index (χ1v) is 11.5. The van der Waals surface area contributed by atoms with Crippen molar-refractivity contribution in [2.24, 2.45) is 0 Å². The van der Waals surface area contributed by atoms with Crippen molar-refractivity contribution in [1.29, 1.82) is 0 Å². The van der Waals surface area contributed by atoms with Crippen LogP contribution in [0.4, 0.5) is 10.1 Å². The zero-order chi connectivity index (χ0) is 24.6. The molecule has 3 amide bonds. The van der Waals surface area contributed by atoms with Crippen LogP contribution in [0, 0.1) is 5.82 Å². The molecule has 2 N–H and O–H groups in total. The SMILES string of the molecule is [2H][C@@]1(N2Cc3c(NCc4cccc(CN5CCOCC5)c4F)cccc3C2=O)CCC(=O)NC1=O. The van der Waals surface area contributed by atoms with Crippen LogP contribution in [-0.2, 0) is 34.0 Å². The van der Waals surface area contributed by atoms with Crippen LogP contribution in [0.2, 0.25) is 0 Å². The van der Waals surface area contributed by atoms with E-state index in [4.69, 9.17) is 6.11 Å². The van der Waals surface area contributed by atoms with E-state index in [1.54, 1.807) is 30.3 Å². The minimum atomic E-state index is -1.85. The molecular weight excluding hydrogens is 439 g/mol. The van der Waals surface area contributed by atoms with E-state index in [9.17, 15) is 14.4 Å².